The number of hydrogen-bond donors (Lipinski definition) is 1. The van der Waals surface area contributed by atoms with E-state index >= 15 is 0 Å². The van der Waals surface area contributed by atoms with Gasteiger partial charge in [-0.05, 0) is 33.6 Å². The van der Waals surface area contributed by atoms with Gasteiger partial charge in [-0.1, -0.05) is 12.8 Å². The van der Waals surface area contributed by atoms with Gasteiger partial charge in [0.15, 0.2) is 0 Å². The maximum atomic E-state index is 12.1. The lowest BCUT2D eigenvalue weighted by Crippen LogP contribution is -2.22. The van der Waals surface area contributed by atoms with Crippen molar-refractivity contribution < 1.29 is 9.53 Å². The van der Waals surface area contributed by atoms with Crippen molar-refractivity contribution in [1.29, 1.82) is 0 Å². The van der Waals surface area contributed by atoms with Gasteiger partial charge >= 0.3 is 6.01 Å². The van der Waals surface area contributed by atoms with Gasteiger partial charge in [0.1, 0.15) is 0 Å². The first-order valence-corrected chi connectivity index (χ1v) is 6.90. The molecule has 0 radical (unpaired) electrons. The minimum absolute atomic E-state index is 0.0939. The predicted molar refractivity (Wildman–Crippen MR) is 73.3 cm³/mol. The Hall–Kier alpha value is -1.65. The van der Waals surface area contributed by atoms with E-state index < -0.39 is 0 Å². The summed E-state index contributed by atoms with van der Waals surface area (Å²) in [5.41, 5.74) is 2.23. The SMILES string of the molecule is CCOc1nc(C)c(NC(=O)C2CCCC2)c(C)n1. The molecule has 0 saturated heterocycles. The molecule has 1 saturated carbocycles. The molecule has 104 valence electrons. The summed E-state index contributed by atoms with van der Waals surface area (Å²) in [5, 5.41) is 2.97. The van der Waals surface area contributed by atoms with E-state index in [4.69, 9.17) is 4.74 Å². The summed E-state index contributed by atoms with van der Waals surface area (Å²) in [5.74, 6) is 0.238. The van der Waals surface area contributed by atoms with Crippen molar-refractivity contribution in [3.63, 3.8) is 0 Å². The maximum absolute atomic E-state index is 12.1. The predicted octanol–water partition coefficient (Wildman–Crippen LogP) is 2.62. The molecule has 0 unspecified atom stereocenters. The number of aryl methyl sites for hydroxylation is 2. The lowest BCUT2D eigenvalue weighted by molar-refractivity contribution is -0.119. The lowest BCUT2D eigenvalue weighted by atomic mass is 10.1. The minimum Gasteiger partial charge on any atom is -0.464 e. The molecule has 0 atom stereocenters. The molecular weight excluding hydrogens is 242 g/mol. The second kappa shape index (κ2) is 5.99. The van der Waals surface area contributed by atoms with Gasteiger partial charge in [0, 0.05) is 5.92 Å². The van der Waals surface area contributed by atoms with Crippen LogP contribution >= 0.6 is 0 Å². The fourth-order valence-electron chi connectivity index (χ4n) is 2.47. The molecule has 1 aromatic heterocycles. The molecule has 0 aromatic carbocycles. The Bertz CT molecular complexity index is 445. The standard InChI is InChI=1S/C14H21N3O2/c1-4-19-14-15-9(2)12(10(3)16-14)17-13(18)11-7-5-6-8-11/h11H,4-8H2,1-3H3,(H,17,18). The van der Waals surface area contributed by atoms with Crippen LogP contribution in [0.4, 0.5) is 5.69 Å². The van der Waals surface area contributed by atoms with Gasteiger partial charge in [0.2, 0.25) is 5.91 Å². The van der Waals surface area contributed by atoms with E-state index in [1.165, 1.54) is 0 Å². The van der Waals surface area contributed by atoms with Crippen LogP contribution in [0.5, 0.6) is 6.01 Å². The highest BCUT2D eigenvalue weighted by Gasteiger charge is 2.24. The highest BCUT2D eigenvalue weighted by atomic mass is 16.5. The maximum Gasteiger partial charge on any atom is 0.316 e. The van der Waals surface area contributed by atoms with Crippen molar-refractivity contribution in [2.75, 3.05) is 11.9 Å². The topological polar surface area (TPSA) is 64.1 Å². The molecule has 2 rings (SSSR count). The number of nitrogens with one attached hydrogen (secondary N) is 1. The summed E-state index contributed by atoms with van der Waals surface area (Å²) in [6.07, 6.45) is 4.27. The van der Waals surface area contributed by atoms with Gasteiger partial charge in [0.25, 0.3) is 0 Å². The number of aromatic nitrogens is 2. The van der Waals surface area contributed by atoms with E-state index in [1.54, 1.807) is 0 Å². The Morgan fingerprint density at radius 2 is 1.84 bits per heavy atom. The van der Waals surface area contributed by atoms with Crippen molar-refractivity contribution in [2.45, 2.75) is 46.5 Å². The second-order valence-electron chi connectivity index (χ2n) is 4.96. The molecule has 0 aliphatic heterocycles. The van der Waals surface area contributed by atoms with Crippen LogP contribution in [0.1, 0.15) is 44.0 Å². The first kappa shape index (κ1) is 13.8. The zero-order valence-electron chi connectivity index (χ0n) is 11.8. The van der Waals surface area contributed by atoms with E-state index in [0.29, 0.717) is 12.6 Å². The monoisotopic (exact) mass is 263 g/mol. The van der Waals surface area contributed by atoms with Crippen LogP contribution in [0.2, 0.25) is 0 Å². The Balaban J connectivity index is 2.13. The Morgan fingerprint density at radius 1 is 1.26 bits per heavy atom. The van der Waals surface area contributed by atoms with Crippen molar-refractivity contribution in [1.82, 2.24) is 9.97 Å². The third-order valence-electron chi connectivity index (χ3n) is 3.50. The quantitative estimate of drug-likeness (QED) is 0.907. The van der Waals surface area contributed by atoms with Crippen LogP contribution < -0.4 is 10.1 Å². The third kappa shape index (κ3) is 3.22. The fourth-order valence-corrected chi connectivity index (χ4v) is 2.47. The molecule has 19 heavy (non-hydrogen) atoms. The summed E-state index contributed by atoms with van der Waals surface area (Å²) in [4.78, 5) is 20.6. The van der Waals surface area contributed by atoms with Gasteiger partial charge in [-0.3, -0.25) is 4.79 Å². The number of rotatable bonds is 4. The van der Waals surface area contributed by atoms with Crippen molar-refractivity contribution >= 4 is 11.6 Å². The number of amides is 1. The van der Waals surface area contributed by atoms with Gasteiger partial charge in [-0.15, -0.1) is 0 Å². The van der Waals surface area contributed by atoms with Crippen LogP contribution in [0.3, 0.4) is 0 Å². The number of ether oxygens (including phenoxy) is 1. The molecule has 0 bridgehead atoms. The third-order valence-corrected chi connectivity index (χ3v) is 3.50. The number of hydrogen-bond acceptors (Lipinski definition) is 4. The minimum atomic E-state index is 0.0939. The molecule has 0 spiro atoms. The highest BCUT2D eigenvalue weighted by molar-refractivity contribution is 5.93. The van der Waals surface area contributed by atoms with Gasteiger partial charge in [0.05, 0.1) is 23.7 Å². The Labute approximate surface area is 113 Å². The van der Waals surface area contributed by atoms with E-state index in [2.05, 4.69) is 15.3 Å². The van der Waals surface area contributed by atoms with Crippen LogP contribution in [-0.2, 0) is 4.79 Å². The lowest BCUT2D eigenvalue weighted by Gasteiger charge is -2.14. The normalized spacial score (nSPS) is 15.5. The first-order chi connectivity index (χ1) is 9.11. The van der Waals surface area contributed by atoms with Crippen molar-refractivity contribution in [3.05, 3.63) is 11.4 Å². The average molecular weight is 263 g/mol. The molecule has 1 fully saturated rings. The number of nitrogens with zero attached hydrogens (tertiary/aromatic N) is 2. The smallest absolute Gasteiger partial charge is 0.316 e. The zero-order valence-corrected chi connectivity index (χ0v) is 11.8. The molecule has 1 N–H and O–H groups in total. The van der Waals surface area contributed by atoms with Gasteiger partial charge in [-0.25, -0.2) is 0 Å². The Morgan fingerprint density at radius 3 is 2.37 bits per heavy atom. The van der Waals surface area contributed by atoms with E-state index in [0.717, 1.165) is 42.8 Å². The van der Waals surface area contributed by atoms with Gasteiger partial charge in [-0.2, -0.15) is 9.97 Å². The molecular formula is C14H21N3O2. The zero-order chi connectivity index (χ0) is 13.8. The molecule has 5 nitrogen and oxygen atoms in total. The molecule has 5 heteroatoms. The van der Waals surface area contributed by atoms with Crippen LogP contribution in [-0.4, -0.2) is 22.5 Å². The summed E-state index contributed by atoms with van der Waals surface area (Å²) in [6, 6.07) is 0.372. The number of carbonyl (C=O) groups excluding carboxylic acids is 1. The summed E-state index contributed by atoms with van der Waals surface area (Å²) >= 11 is 0. The van der Waals surface area contributed by atoms with E-state index in [-0.39, 0.29) is 11.8 Å². The first-order valence-electron chi connectivity index (χ1n) is 6.90. The van der Waals surface area contributed by atoms with Crippen molar-refractivity contribution in [2.24, 2.45) is 5.92 Å². The molecule has 1 aliphatic rings. The number of anilines is 1. The second-order valence-corrected chi connectivity index (χ2v) is 4.96. The fraction of sp³-hybridized carbons (Fsp3) is 0.643. The van der Waals surface area contributed by atoms with E-state index in [1.807, 2.05) is 20.8 Å². The number of carbonyl (C=O) groups is 1. The van der Waals surface area contributed by atoms with Crippen LogP contribution in [0.15, 0.2) is 0 Å². The Kier molecular flexibility index (Phi) is 4.35. The van der Waals surface area contributed by atoms with Crippen molar-refractivity contribution in [3.8, 4) is 6.01 Å². The highest BCUT2D eigenvalue weighted by Crippen LogP contribution is 2.27. The summed E-state index contributed by atoms with van der Waals surface area (Å²) < 4.78 is 5.29. The van der Waals surface area contributed by atoms with Crippen LogP contribution in [0, 0.1) is 19.8 Å². The average Bonchev–Trinajstić information content (AvgIpc) is 2.88. The van der Waals surface area contributed by atoms with Crippen LogP contribution in [0.25, 0.3) is 0 Å². The van der Waals surface area contributed by atoms with Gasteiger partial charge < -0.3 is 10.1 Å². The summed E-state index contributed by atoms with van der Waals surface area (Å²) in [7, 11) is 0. The summed E-state index contributed by atoms with van der Waals surface area (Å²) in [6.45, 7) is 6.15. The largest absolute Gasteiger partial charge is 0.464 e. The molecule has 1 heterocycles. The molecule has 1 aromatic rings. The van der Waals surface area contributed by atoms with E-state index in [9.17, 15) is 4.79 Å². The molecule has 1 aliphatic carbocycles. The molecule has 1 amide bonds.